The van der Waals surface area contributed by atoms with Crippen molar-refractivity contribution in [2.24, 2.45) is 0 Å². The number of allylic oxidation sites excluding steroid dienone is 4. The second-order valence-corrected chi connectivity index (χ2v) is 17.4. The average Bonchev–Trinajstić information content (AvgIpc) is 3.77. The Hall–Kier alpha value is -2.44. The van der Waals surface area contributed by atoms with Crippen molar-refractivity contribution in [3.63, 3.8) is 0 Å². The molecule has 3 heteroatoms. The Labute approximate surface area is 344 Å². The number of unbranched alkanes of at least 4 members (excludes halogenated alkanes) is 2. The fourth-order valence-electron chi connectivity index (χ4n) is 6.89. The molecule has 0 atom stereocenters. The Morgan fingerprint density at radius 1 is 0.654 bits per heavy atom. The van der Waals surface area contributed by atoms with Gasteiger partial charge in [-0.1, -0.05) is 75.9 Å². The molecule has 0 spiro atoms. The molecular weight excluding hydrogens is 751 g/mol. The van der Waals surface area contributed by atoms with Crippen LogP contribution in [0.25, 0.3) is 21.5 Å². The number of hydrogen-bond acceptors (Lipinski definition) is 0. The van der Waals surface area contributed by atoms with Crippen LogP contribution in [-0.2, 0) is 47.9 Å². The number of rotatable bonds is 8. The van der Waals surface area contributed by atoms with Crippen molar-refractivity contribution in [2.45, 2.75) is 125 Å². The van der Waals surface area contributed by atoms with Gasteiger partial charge in [0, 0.05) is 0 Å². The predicted molar refractivity (Wildman–Crippen MR) is 219 cm³/mol. The third-order valence-electron chi connectivity index (χ3n) is 9.72. The van der Waals surface area contributed by atoms with Gasteiger partial charge in [0.2, 0.25) is 0 Å². The molecule has 6 rings (SSSR count). The van der Waals surface area contributed by atoms with Crippen LogP contribution in [0.4, 0.5) is 0 Å². The normalized spacial score (nSPS) is 12.1. The van der Waals surface area contributed by atoms with E-state index in [0.29, 0.717) is 0 Å². The Balaban J connectivity index is 0.000000307. The first-order valence-electron chi connectivity index (χ1n) is 18.9. The fourth-order valence-corrected chi connectivity index (χ4v) is 7.71. The first-order chi connectivity index (χ1) is 23.7. The molecule has 0 N–H and O–H groups in total. The summed E-state index contributed by atoms with van der Waals surface area (Å²) in [4.78, 5) is 0. The minimum absolute atomic E-state index is 0. The zero-order valence-corrected chi connectivity index (χ0v) is 37.4. The molecular formula is C49H60Cl2Zr-2. The molecule has 276 valence electrons. The summed E-state index contributed by atoms with van der Waals surface area (Å²) in [6.07, 6.45) is 17.5. The van der Waals surface area contributed by atoms with Gasteiger partial charge < -0.3 is 24.8 Å². The average molecular weight is 811 g/mol. The van der Waals surface area contributed by atoms with Gasteiger partial charge in [-0.05, 0) is 24.7 Å². The van der Waals surface area contributed by atoms with Crippen molar-refractivity contribution in [3.05, 3.63) is 148 Å². The number of halogens is 2. The van der Waals surface area contributed by atoms with Gasteiger partial charge in [0.25, 0.3) is 0 Å². The van der Waals surface area contributed by atoms with E-state index in [4.69, 9.17) is 0 Å². The number of benzene rings is 4. The van der Waals surface area contributed by atoms with Gasteiger partial charge in [-0.2, -0.15) is 6.08 Å². The molecule has 5 aromatic carbocycles. The van der Waals surface area contributed by atoms with Crippen molar-refractivity contribution in [2.75, 3.05) is 0 Å². The fraction of sp³-hybridized carbons (Fsp3) is 0.388. The predicted octanol–water partition coefficient (Wildman–Crippen LogP) is 7.72. The summed E-state index contributed by atoms with van der Waals surface area (Å²) in [6, 6.07) is 30.3. The van der Waals surface area contributed by atoms with Crippen molar-refractivity contribution in [1.82, 2.24) is 0 Å². The zero-order chi connectivity index (χ0) is 36.5. The van der Waals surface area contributed by atoms with Gasteiger partial charge in [0.05, 0.1) is 0 Å². The van der Waals surface area contributed by atoms with Crippen molar-refractivity contribution >= 4 is 24.8 Å². The molecule has 0 aliphatic heterocycles. The van der Waals surface area contributed by atoms with Crippen molar-refractivity contribution in [3.8, 4) is 0 Å². The van der Waals surface area contributed by atoms with Crippen LogP contribution in [0, 0.1) is 19.9 Å². The molecule has 0 fully saturated rings. The van der Waals surface area contributed by atoms with Crippen LogP contribution < -0.4 is 24.8 Å². The second kappa shape index (κ2) is 20.9. The van der Waals surface area contributed by atoms with Crippen molar-refractivity contribution < 1.29 is 49.0 Å². The second-order valence-electron chi connectivity index (χ2n) is 16.1. The maximum atomic E-state index is 2.99. The molecule has 0 heterocycles. The van der Waals surface area contributed by atoms with Crippen LogP contribution in [0.1, 0.15) is 132 Å². The Morgan fingerprint density at radius 3 is 1.35 bits per heavy atom. The van der Waals surface area contributed by atoms with Gasteiger partial charge in [0.15, 0.2) is 0 Å². The van der Waals surface area contributed by atoms with E-state index < -0.39 is 0 Å². The number of aryl methyl sites for hydroxylation is 4. The molecule has 0 unspecified atom stereocenters. The minimum Gasteiger partial charge on any atom is -1.00 e. The summed E-state index contributed by atoms with van der Waals surface area (Å²) in [5.74, 6) is 0. The topological polar surface area (TPSA) is 0 Å². The molecule has 5 aromatic rings. The molecule has 0 saturated carbocycles. The molecule has 0 saturated heterocycles. The monoisotopic (exact) mass is 808 g/mol. The smallest absolute Gasteiger partial charge is 0.0142 e. The van der Waals surface area contributed by atoms with Crippen LogP contribution >= 0.6 is 0 Å². The first-order valence-corrected chi connectivity index (χ1v) is 20.1. The van der Waals surface area contributed by atoms with Crippen LogP contribution in [0.3, 0.4) is 0 Å². The van der Waals surface area contributed by atoms with E-state index in [1.807, 2.05) is 12.2 Å². The van der Waals surface area contributed by atoms with Gasteiger partial charge >= 0.3 is 151 Å². The van der Waals surface area contributed by atoms with Crippen LogP contribution in [-0.4, -0.2) is 3.21 Å². The third kappa shape index (κ3) is 12.6. The Morgan fingerprint density at radius 2 is 1.06 bits per heavy atom. The molecule has 1 aliphatic carbocycles. The largest absolute Gasteiger partial charge is 1.00 e. The zero-order valence-electron chi connectivity index (χ0n) is 33.4. The summed E-state index contributed by atoms with van der Waals surface area (Å²) in [5, 5.41) is 5.55. The molecule has 0 aromatic heterocycles. The van der Waals surface area contributed by atoms with Gasteiger partial charge in [-0.3, -0.25) is 6.08 Å². The maximum absolute atomic E-state index is 2.99. The quantitative estimate of drug-likeness (QED) is 0.141. The standard InChI is InChI=1S/C23H29.C21H26.C5H5.2ClH.Zr/c1-14-9-16-11-17-10-15(2)21(23(6,7)8)13-19(17)18(16)12-20(14)22(3,4)5;1-3-5-7-18-9-13-20(14-10-18)17-21-15-11-19(12-16-21)8-6-4-2;1-2-4-5-3-1;;;/h9-13H,1-8H3;9-16H,3-8H2,1-2H3;1-3H,4H2;2*1H;/q-1;;-1;;;+2/p-2. The van der Waals surface area contributed by atoms with Crippen molar-refractivity contribution in [1.29, 1.82) is 0 Å². The summed E-state index contributed by atoms with van der Waals surface area (Å²) < 4.78 is 1.45. The van der Waals surface area contributed by atoms with E-state index in [0.717, 1.165) is 6.42 Å². The summed E-state index contributed by atoms with van der Waals surface area (Å²) in [7, 11) is 0. The number of hydrogen-bond donors (Lipinski definition) is 0. The molecule has 52 heavy (non-hydrogen) atoms. The van der Waals surface area contributed by atoms with Gasteiger partial charge in [-0.15, -0.1) is 46.2 Å². The Kier molecular flexibility index (Phi) is 18.3. The van der Waals surface area contributed by atoms with E-state index in [-0.39, 0.29) is 35.6 Å². The molecule has 0 nitrogen and oxygen atoms in total. The SMILES string of the molecule is CCCCc1ccc([C](=[Zr+2])c2ccc(CCCC)cc2)cc1.Cc1cc2[cH-]c3cc(C)c(C(C)(C)C)cc3c2cc1C(C)(C)C.[C-]1=CC=CC1.[Cl-].[Cl-]. The first kappa shape index (κ1) is 45.7. The number of fused-ring (bicyclic) bond motifs is 3. The van der Waals surface area contributed by atoms with E-state index in [1.165, 1.54) is 132 Å². The molecule has 0 radical (unpaired) electrons. The summed E-state index contributed by atoms with van der Waals surface area (Å²) >= 11 is 1.48. The minimum atomic E-state index is 0. The Bertz CT molecular complexity index is 1780. The van der Waals surface area contributed by atoms with Gasteiger partial charge in [0.1, 0.15) is 0 Å². The van der Waals surface area contributed by atoms with E-state index in [2.05, 4.69) is 160 Å². The molecule has 0 bridgehead atoms. The van der Waals surface area contributed by atoms with Gasteiger partial charge in [-0.25, -0.2) is 12.2 Å². The van der Waals surface area contributed by atoms with E-state index >= 15 is 0 Å². The molecule has 0 amide bonds. The summed E-state index contributed by atoms with van der Waals surface area (Å²) in [6.45, 7) is 22.8. The van der Waals surface area contributed by atoms with Crippen LogP contribution in [0.5, 0.6) is 0 Å². The maximum Gasteiger partial charge on any atom is -0.0142 e. The van der Waals surface area contributed by atoms with E-state index in [9.17, 15) is 0 Å². The van der Waals surface area contributed by atoms with E-state index in [1.54, 1.807) is 0 Å². The third-order valence-corrected chi connectivity index (χ3v) is 11.1. The molecule has 1 aliphatic rings. The van der Waals surface area contributed by atoms with Crippen LogP contribution in [0.2, 0.25) is 0 Å². The summed E-state index contributed by atoms with van der Waals surface area (Å²) in [5.41, 5.74) is 11.7. The van der Waals surface area contributed by atoms with Crippen LogP contribution in [0.15, 0.2) is 97.1 Å².